The number of ether oxygens (including phenoxy) is 1. The summed E-state index contributed by atoms with van der Waals surface area (Å²) >= 11 is 0. The number of fused-ring (bicyclic) bond motifs is 1. The molecule has 1 amide bonds. The fourth-order valence-electron chi connectivity index (χ4n) is 3.94. The van der Waals surface area contributed by atoms with E-state index in [1.165, 1.54) is 0 Å². The largest absolute Gasteiger partial charge is 0.377 e. The Bertz CT molecular complexity index is 1030. The Kier molecular flexibility index (Phi) is 4.54. The van der Waals surface area contributed by atoms with Crippen LogP contribution in [0.1, 0.15) is 44.5 Å². The minimum atomic E-state index is 0.0330. The van der Waals surface area contributed by atoms with Crippen molar-refractivity contribution < 1.29 is 14.1 Å². The Hall–Kier alpha value is -2.81. The molecule has 0 saturated carbocycles. The number of carbonyl (C=O) groups excluding carboxylic acids is 1. The van der Waals surface area contributed by atoms with E-state index >= 15 is 0 Å². The van der Waals surface area contributed by atoms with Gasteiger partial charge < -0.3 is 14.2 Å². The van der Waals surface area contributed by atoms with Gasteiger partial charge >= 0.3 is 0 Å². The summed E-state index contributed by atoms with van der Waals surface area (Å²) in [7, 11) is 0. The minimum absolute atomic E-state index is 0.0330. The molecular weight excluding hydrogens is 372 g/mol. The lowest BCUT2D eigenvalue weighted by atomic mass is 9.95. The maximum Gasteiger partial charge on any atom is 0.259 e. The molecule has 0 aliphatic carbocycles. The lowest BCUT2D eigenvalue weighted by molar-refractivity contribution is -0.135. The molecule has 0 spiro atoms. The fourth-order valence-corrected chi connectivity index (χ4v) is 3.94. The molecular formula is C20H24N6O3. The van der Waals surface area contributed by atoms with Crippen molar-refractivity contribution in [2.75, 3.05) is 26.3 Å². The number of aromatic nitrogens is 5. The monoisotopic (exact) mass is 396 g/mol. The highest BCUT2D eigenvalue weighted by Crippen LogP contribution is 2.30. The second kappa shape index (κ2) is 7.22. The van der Waals surface area contributed by atoms with Gasteiger partial charge in [-0.3, -0.25) is 14.5 Å². The molecule has 2 saturated heterocycles. The van der Waals surface area contributed by atoms with Crippen molar-refractivity contribution in [3.8, 4) is 11.5 Å². The van der Waals surface area contributed by atoms with Gasteiger partial charge in [-0.2, -0.15) is 10.1 Å². The molecule has 0 radical (unpaired) electrons. The predicted octanol–water partition coefficient (Wildman–Crippen LogP) is 2.41. The van der Waals surface area contributed by atoms with Crippen LogP contribution in [0.3, 0.4) is 0 Å². The third kappa shape index (κ3) is 3.29. The lowest BCUT2D eigenvalue weighted by Gasteiger charge is -2.31. The standard InChI is InChI=1S/C20H24N6O3/c1-12(2)20(27)25-5-3-13(4-6-25)18-23-19(29-24-18)14-7-17-16(21-8-14)9-22-26(17)15-10-28-11-15/h7-9,12-13,15H,3-6,10-11H2,1-2H3. The normalized spacial score (nSPS) is 18.5. The van der Waals surface area contributed by atoms with Gasteiger partial charge in [0.2, 0.25) is 5.91 Å². The SMILES string of the molecule is CC(C)C(=O)N1CCC(c2noc(-c3cnc4cnn(C5COC5)c4c3)n2)CC1. The van der Waals surface area contributed by atoms with Crippen molar-refractivity contribution in [3.05, 3.63) is 24.3 Å². The molecule has 3 aromatic heterocycles. The van der Waals surface area contributed by atoms with Crippen LogP contribution in [0.2, 0.25) is 0 Å². The van der Waals surface area contributed by atoms with Gasteiger partial charge in [0.25, 0.3) is 5.89 Å². The van der Waals surface area contributed by atoms with Crippen molar-refractivity contribution in [2.45, 2.75) is 38.6 Å². The first-order valence-corrected chi connectivity index (χ1v) is 10.1. The molecule has 0 N–H and O–H groups in total. The van der Waals surface area contributed by atoms with E-state index in [2.05, 4.69) is 20.2 Å². The van der Waals surface area contributed by atoms with Crippen LogP contribution >= 0.6 is 0 Å². The van der Waals surface area contributed by atoms with Gasteiger partial charge in [0.15, 0.2) is 5.82 Å². The quantitative estimate of drug-likeness (QED) is 0.668. The molecule has 152 valence electrons. The minimum Gasteiger partial charge on any atom is -0.377 e. The van der Waals surface area contributed by atoms with Gasteiger partial charge in [-0.15, -0.1) is 0 Å². The summed E-state index contributed by atoms with van der Waals surface area (Å²) in [5.74, 6) is 1.62. The Labute approximate surface area is 168 Å². The maximum absolute atomic E-state index is 12.2. The highest BCUT2D eigenvalue weighted by Gasteiger charge is 2.28. The first kappa shape index (κ1) is 18.2. The Morgan fingerprint density at radius 1 is 1.21 bits per heavy atom. The van der Waals surface area contributed by atoms with Crippen LogP contribution in [0.5, 0.6) is 0 Å². The summed E-state index contributed by atoms with van der Waals surface area (Å²) in [5, 5.41) is 8.65. The molecule has 0 bridgehead atoms. The van der Waals surface area contributed by atoms with Gasteiger partial charge in [0, 0.05) is 31.1 Å². The van der Waals surface area contributed by atoms with Crippen molar-refractivity contribution >= 4 is 16.9 Å². The highest BCUT2D eigenvalue weighted by molar-refractivity contribution is 5.79. The molecule has 9 heteroatoms. The van der Waals surface area contributed by atoms with E-state index in [1.807, 2.05) is 29.5 Å². The molecule has 9 nitrogen and oxygen atoms in total. The average Bonchev–Trinajstić information content (AvgIpc) is 3.34. The van der Waals surface area contributed by atoms with Crippen molar-refractivity contribution in [2.24, 2.45) is 5.92 Å². The summed E-state index contributed by atoms with van der Waals surface area (Å²) in [6, 6.07) is 2.25. The van der Waals surface area contributed by atoms with Crippen LogP contribution in [-0.2, 0) is 9.53 Å². The molecule has 2 fully saturated rings. The summed E-state index contributed by atoms with van der Waals surface area (Å²) in [4.78, 5) is 23.2. The second-order valence-corrected chi connectivity index (χ2v) is 8.12. The number of rotatable bonds is 4. The van der Waals surface area contributed by atoms with Crippen molar-refractivity contribution in [1.29, 1.82) is 0 Å². The predicted molar refractivity (Wildman–Crippen MR) is 104 cm³/mol. The van der Waals surface area contributed by atoms with E-state index in [0.717, 1.165) is 42.5 Å². The number of nitrogens with zero attached hydrogens (tertiary/aromatic N) is 6. The topological polar surface area (TPSA) is 99.2 Å². The molecule has 2 aliphatic heterocycles. The zero-order chi connectivity index (χ0) is 20.0. The number of piperidine rings is 1. The third-order valence-corrected chi connectivity index (χ3v) is 5.77. The Morgan fingerprint density at radius 3 is 2.69 bits per heavy atom. The van der Waals surface area contributed by atoms with Gasteiger partial charge in [-0.05, 0) is 18.9 Å². The van der Waals surface area contributed by atoms with E-state index in [1.54, 1.807) is 12.4 Å². The number of hydrogen-bond donors (Lipinski definition) is 0. The van der Waals surface area contributed by atoms with Crippen LogP contribution in [0.25, 0.3) is 22.5 Å². The third-order valence-electron chi connectivity index (χ3n) is 5.77. The highest BCUT2D eigenvalue weighted by atomic mass is 16.5. The van der Waals surface area contributed by atoms with Crippen LogP contribution in [-0.4, -0.2) is 62.0 Å². The van der Waals surface area contributed by atoms with E-state index in [-0.39, 0.29) is 23.8 Å². The zero-order valence-corrected chi connectivity index (χ0v) is 16.6. The zero-order valence-electron chi connectivity index (χ0n) is 16.6. The number of pyridine rings is 1. The molecule has 2 aliphatic rings. The molecule has 29 heavy (non-hydrogen) atoms. The molecule has 3 aromatic rings. The smallest absolute Gasteiger partial charge is 0.259 e. The second-order valence-electron chi connectivity index (χ2n) is 8.12. The molecule has 0 unspecified atom stereocenters. The molecule has 0 aromatic carbocycles. The Morgan fingerprint density at radius 2 is 2.00 bits per heavy atom. The summed E-state index contributed by atoms with van der Waals surface area (Å²) in [5.41, 5.74) is 2.56. The lowest BCUT2D eigenvalue weighted by Crippen LogP contribution is -2.40. The van der Waals surface area contributed by atoms with E-state index in [0.29, 0.717) is 24.9 Å². The number of carbonyl (C=O) groups is 1. The molecule has 5 rings (SSSR count). The van der Waals surface area contributed by atoms with Crippen molar-refractivity contribution in [3.63, 3.8) is 0 Å². The van der Waals surface area contributed by atoms with Crippen molar-refractivity contribution in [1.82, 2.24) is 29.8 Å². The summed E-state index contributed by atoms with van der Waals surface area (Å²) in [6.07, 6.45) is 5.21. The van der Waals surface area contributed by atoms with Crippen LogP contribution < -0.4 is 0 Å². The fraction of sp³-hybridized carbons (Fsp3) is 0.550. The van der Waals surface area contributed by atoms with Gasteiger partial charge in [0.05, 0.1) is 36.5 Å². The first-order chi connectivity index (χ1) is 14.1. The van der Waals surface area contributed by atoms with Gasteiger partial charge in [-0.1, -0.05) is 19.0 Å². The number of hydrogen-bond acceptors (Lipinski definition) is 7. The van der Waals surface area contributed by atoms with E-state index in [9.17, 15) is 4.79 Å². The molecule has 0 atom stereocenters. The maximum atomic E-state index is 12.2. The number of likely N-dealkylation sites (tertiary alicyclic amines) is 1. The van der Waals surface area contributed by atoms with E-state index < -0.39 is 0 Å². The Balaban J connectivity index is 1.33. The molecule has 5 heterocycles. The van der Waals surface area contributed by atoms with E-state index in [4.69, 9.17) is 9.26 Å². The van der Waals surface area contributed by atoms with Crippen LogP contribution in [0.15, 0.2) is 23.0 Å². The van der Waals surface area contributed by atoms with Gasteiger partial charge in [0.1, 0.15) is 5.52 Å². The van der Waals surface area contributed by atoms with Crippen LogP contribution in [0, 0.1) is 5.92 Å². The number of amides is 1. The summed E-state index contributed by atoms with van der Waals surface area (Å²) in [6.45, 7) is 6.69. The average molecular weight is 396 g/mol. The van der Waals surface area contributed by atoms with Crippen LogP contribution in [0.4, 0.5) is 0 Å². The first-order valence-electron chi connectivity index (χ1n) is 10.1. The summed E-state index contributed by atoms with van der Waals surface area (Å²) < 4.78 is 12.8. The van der Waals surface area contributed by atoms with Gasteiger partial charge in [-0.25, -0.2) is 0 Å².